The van der Waals surface area contributed by atoms with Gasteiger partial charge >= 0.3 is 0 Å². The van der Waals surface area contributed by atoms with Crippen LogP contribution in [0.15, 0.2) is 176 Å². The van der Waals surface area contributed by atoms with Crippen LogP contribution in [0.3, 0.4) is 0 Å². The van der Waals surface area contributed by atoms with E-state index in [4.69, 9.17) is 9.97 Å². The van der Waals surface area contributed by atoms with Gasteiger partial charge in [-0.2, -0.15) is 0 Å². The minimum absolute atomic E-state index is 0.650. The number of hydrogen-bond donors (Lipinski definition) is 0. The summed E-state index contributed by atoms with van der Waals surface area (Å²) >= 11 is 1.87. The number of hydrogen-bond acceptors (Lipinski definition) is 3. The Bertz CT molecular complexity index is 3120. The number of fused-ring (bicyclic) bond motifs is 10. The van der Waals surface area contributed by atoms with Gasteiger partial charge < -0.3 is 0 Å². The van der Waals surface area contributed by atoms with Gasteiger partial charge in [-0.3, -0.25) is 4.57 Å². The fourth-order valence-electron chi connectivity index (χ4n) is 8.04. The number of nitrogens with zero attached hydrogens (tertiary/aromatic N) is 3. The molecule has 4 heteroatoms. The molecule has 0 N–H and O–H groups in total. The van der Waals surface area contributed by atoms with Gasteiger partial charge in [-0.05, 0) is 51.4 Å². The van der Waals surface area contributed by atoms with E-state index < -0.39 is 0 Å². The summed E-state index contributed by atoms with van der Waals surface area (Å²) in [4.78, 5) is 10.7. The molecule has 0 aliphatic carbocycles. The number of rotatable bonds is 4. The summed E-state index contributed by atoms with van der Waals surface area (Å²) in [5, 5.41) is 10.0. The Morgan fingerprint density at radius 2 is 1.02 bits per heavy atom. The fraction of sp³-hybridized carbons (Fsp3) is 0. The molecule has 0 bridgehead atoms. The van der Waals surface area contributed by atoms with Gasteiger partial charge in [0.1, 0.15) is 0 Å². The van der Waals surface area contributed by atoms with Crippen molar-refractivity contribution < 1.29 is 0 Å². The molecule has 0 unspecified atom stereocenters. The van der Waals surface area contributed by atoms with E-state index in [0.29, 0.717) is 5.95 Å². The van der Waals surface area contributed by atoms with Crippen molar-refractivity contribution in [1.82, 2.24) is 14.5 Å². The summed E-state index contributed by atoms with van der Waals surface area (Å²) in [6.45, 7) is 0. The molecule has 0 aliphatic rings. The first-order chi connectivity index (χ1) is 25.8. The van der Waals surface area contributed by atoms with Crippen molar-refractivity contribution in [2.75, 3.05) is 0 Å². The zero-order valence-electron chi connectivity index (χ0n) is 28.0. The van der Waals surface area contributed by atoms with Crippen molar-refractivity contribution in [2.45, 2.75) is 0 Å². The van der Waals surface area contributed by atoms with Crippen LogP contribution in [0, 0.1) is 0 Å². The molecule has 3 heterocycles. The first kappa shape index (κ1) is 29.1. The summed E-state index contributed by atoms with van der Waals surface area (Å²) in [7, 11) is 0. The third-order valence-electron chi connectivity index (χ3n) is 10.4. The lowest BCUT2D eigenvalue weighted by Gasteiger charge is -2.14. The third-order valence-corrected chi connectivity index (χ3v) is 11.5. The average Bonchev–Trinajstić information content (AvgIpc) is 3.77. The van der Waals surface area contributed by atoms with Crippen LogP contribution in [0.1, 0.15) is 0 Å². The summed E-state index contributed by atoms with van der Waals surface area (Å²) < 4.78 is 4.89. The van der Waals surface area contributed by atoms with Crippen LogP contribution in [0.5, 0.6) is 0 Å². The van der Waals surface area contributed by atoms with E-state index in [9.17, 15) is 0 Å². The van der Waals surface area contributed by atoms with E-state index >= 15 is 0 Å². The van der Waals surface area contributed by atoms with Crippen LogP contribution in [-0.4, -0.2) is 14.5 Å². The zero-order valence-corrected chi connectivity index (χ0v) is 28.8. The number of aromatic nitrogens is 3. The standard InChI is InChI=1S/C48H29N3S/c1-3-14-32(15-4-1)40-29-41(33-16-5-2-6-17-33)50-48(49-40)51-42-26-23-30-12-7-9-18-35(30)45(42)39-21-11-20-37(47(39)51)34-22-25-38-44(28-34)52-43-27-24-31-13-8-10-19-36(31)46(38)43/h1-29H. The highest BCUT2D eigenvalue weighted by atomic mass is 32.1. The molecule has 0 radical (unpaired) electrons. The first-order valence-electron chi connectivity index (χ1n) is 17.6. The number of thiophene rings is 1. The summed E-state index contributed by atoms with van der Waals surface area (Å²) in [5.74, 6) is 0.650. The van der Waals surface area contributed by atoms with Crippen molar-refractivity contribution >= 4 is 74.9 Å². The maximum Gasteiger partial charge on any atom is 0.235 e. The maximum absolute atomic E-state index is 5.35. The topological polar surface area (TPSA) is 30.7 Å². The second-order valence-electron chi connectivity index (χ2n) is 13.4. The van der Waals surface area contributed by atoms with Crippen molar-refractivity contribution in [3.8, 4) is 39.6 Å². The molecule has 0 aliphatic heterocycles. The molecule has 0 spiro atoms. The monoisotopic (exact) mass is 679 g/mol. The summed E-state index contributed by atoms with van der Waals surface area (Å²) in [6, 6.07) is 63.0. The molecule has 0 saturated carbocycles. The molecule has 0 atom stereocenters. The highest BCUT2D eigenvalue weighted by Crippen LogP contribution is 2.44. The highest BCUT2D eigenvalue weighted by Gasteiger charge is 2.22. The minimum Gasteiger partial charge on any atom is -0.277 e. The molecule has 52 heavy (non-hydrogen) atoms. The predicted octanol–water partition coefficient (Wildman–Crippen LogP) is 13.2. The Morgan fingerprint density at radius 1 is 0.404 bits per heavy atom. The molecular formula is C48H29N3S. The van der Waals surface area contributed by atoms with Crippen LogP contribution < -0.4 is 0 Å². The Labute approximate surface area is 303 Å². The number of para-hydroxylation sites is 1. The van der Waals surface area contributed by atoms with E-state index in [-0.39, 0.29) is 0 Å². The normalized spacial score (nSPS) is 11.8. The van der Waals surface area contributed by atoms with Gasteiger partial charge in [0.2, 0.25) is 5.95 Å². The minimum atomic E-state index is 0.650. The van der Waals surface area contributed by atoms with Crippen LogP contribution in [0.25, 0.3) is 103 Å². The van der Waals surface area contributed by atoms with Gasteiger partial charge in [0.25, 0.3) is 0 Å². The maximum atomic E-state index is 5.35. The van der Waals surface area contributed by atoms with E-state index in [1.54, 1.807) is 0 Å². The van der Waals surface area contributed by atoms with Crippen molar-refractivity contribution in [3.63, 3.8) is 0 Å². The first-order valence-corrected chi connectivity index (χ1v) is 18.4. The lowest BCUT2D eigenvalue weighted by Crippen LogP contribution is -2.04. The molecule has 11 aromatic rings. The van der Waals surface area contributed by atoms with Gasteiger partial charge in [0.15, 0.2) is 0 Å². The SMILES string of the molecule is c1ccc(-c2cc(-c3ccccc3)nc(-n3c4ccc5ccccc5c4c4cccc(-c5ccc6c(c5)sc5ccc7ccccc7c56)c43)n2)cc1. The molecular weight excluding hydrogens is 651 g/mol. The molecule has 0 saturated heterocycles. The highest BCUT2D eigenvalue weighted by molar-refractivity contribution is 7.26. The second kappa shape index (κ2) is 11.5. The van der Waals surface area contributed by atoms with Crippen molar-refractivity contribution in [1.29, 1.82) is 0 Å². The fourth-order valence-corrected chi connectivity index (χ4v) is 9.20. The van der Waals surface area contributed by atoms with Gasteiger partial charge in [0, 0.05) is 47.6 Å². The smallest absolute Gasteiger partial charge is 0.235 e. The summed E-state index contributed by atoms with van der Waals surface area (Å²) in [5.41, 5.74) is 8.38. The molecule has 0 fully saturated rings. The molecule has 11 rings (SSSR count). The van der Waals surface area contributed by atoms with Crippen molar-refractivity contribution in [3.05, 3.63) is 176 Å². The van der Waals surface area contributed by atoms with Crippen molar-refractivity contribution in [2.24, 2.45) is 0 Å². The van der Waals surface area contributed by atoms with Crippen LogP contribution in [0.2, 0.25) is 0 Å². The Balaban J connectivity index is 1.24. The lowest BCUT2D eigenvalue weighted by atomic mass is 9.98. The number of benzene rings is 8. The van der Waals surface area contributed by atoms with Gasteiger partial charge in [-0.15, -0.1) is 11.3 Å². The van der Waals surface area contributed by atoms with E-state index in [0.717, 1.165) is 39.1 Å². The van der Waals surface area contributed by atoms with E-state index in [2.05, 4.69) is 168 Å². The zero-order chi connectivity index (χ0) is 34.2. The van der Waals surface area contributed by atoms with Gasteiger partial charge in [-0.1, -0.05) is 152 Å². The third kappa shape index (κ3) is 4.45. The molecule has 3 nitrogen and oxygen atoms in total. The second-order valence-corrected chi connectivity index (χ2v) is 14.4. The van der Waals surface area contributed by atoms with Gasteiger partial charge in [-0.25, -0.2) is 9.97 Å². The largest absolute Gasteiger partial charge is 0.277 e. The van der Waals surface area contributed by atoms with Crippen LogP contribution in [-0.2, 0) is 0 Å². The van der Waals surface area contributed by atoms with Crippen LogP contribution in [0.4, 0.5) is 0 Å². The van der Waals surface area contributed by atoms with Gasteiger partial charge in [0.05, 0.1) is 22.4 Å². The predicted molar refractivity (Wildman–Crippen MR) is 221 cm³/mol. The Kier molecular flexibility index (Phi) is 6.42. The lowest BCUT2D eigenvalue weighted by molar-refractivity contribution is 0.996. The Morgan fingerprint density at radius 3 is 1.73 bits per heavy atom. The van der Waals surface area contributed by atoms with E-state index in [1.165, 1.54) is 58.1 Å². The molecule has 0 amide bonds. The molecule has 8 aromatic carbocycles. The Hall–Kier alpha value is -6.62. The van der Waals surface area contributed by atoms with E-state index in [1.807, 2.05) is 23.5 Å². The quantitative estimate of drug-likeness (QED) is 0.185. The summed E-state index contributed by atoms with van der Waals surface area (Å²) in [6.07, 6.45) is 0. The average molecular weight is 680 g/mol. The molecule has 3 aromatic heterocycles. The molecule has 242 valence electrons. The van der Waals surface area contributed by atoms with Crippen LogP contribution >= 0.6 is 11.3 Å².